The molecule has 0 radical (unpaired) electrons. The Morgan fingerprint density at radius 2 is 1.34 bits per heavy atom. The zero-order chi connectivity index (χ0) is 25.6. The van der Waals surface area contributed by atoms with Crippen molar-refractivity contribution in [1.29, 1.82) is 0 Å². The summed E-state index contributed by atoms with van der Waals surface area (Å²) in [7, 11) is 0. The highest BCUT2D eigenvalue weighted by atomic mass is 16.6. The molecule has 1 aliphatic rings. The summed E-state index contributed by atoms with van der Waals surface area (Å²) < 4.78 is 0. The molecule has 0 fully saturated rings. The number of rotatable bonds is 18. The van der Waals surface area contributed by atoms with E-state index in [9.17, 15) is 24.8 Å². The molecule has 7 heteroatoms. The van der Waals surface area contributed by atoms with Crippen molar-refractivity contribution in [2.24, 2.45) is 0 Å². The largest absolute Gasteiger partial charge is 0.503 e. The molecule has 0 aliphatic carbocycles. The third kappa shape index (κ3) is 8.79. The van der Waals surface area contributed by atoms with Crippen LogP contribution in [0, 0.1) is 10.1 Å². The maximum atomic E-state index is 12.7. The first kappa shape index (κ1) is 28.5. The van der Waals surface area contributed by atoms with Crippen LogP contribution in [0.25, 0.3) is 0 Å². The molecule has 0 unspecified atom stereocenters. The van der Waals surface area contributed by atoms with Crippen LogP contribution >= 0.6 is 0 Å². The van der Waals surface area contributed by atoms with E-state index in [1.807, 2.05) is 0 Å². The molecule has 0 aromatic heterocycles. The van der Waals surface area contributed by atoms with Gasteiger partial charge in [-0.3, -0.25) is 19.7 Å². The highest BCUT2D eigenvalue weighted by molar-refractivity contribution is 6.08. The van der Waals surface area contributed by atoms with E-state index < -0.39 is 22.6 Å². The van der Waals surface area contributed by atoms with E-state index >= 15 is 0 Å². The second kappa shape index (κ2) is 15.3. The minimum absolute atomic E-state index is 0.0610. The number of carbonyl (C=O) groups is 2. The number of nitro groups is 1. The topological polar surface area (TPSA) is 101 Å². The number of unbranched alkanes of at least 4 members (excludes halogenated alkanes) is 13. The normalized spacial score (nSPS) is 15.8. The van der Waals surface area contributed by atoms with Gasteiger partial charge in [-0.1, -0.05) is 90.4 Å². The number of nitro benzene ring substituents is 1. The van der Waals surface area contributed by atoms with Crippen LogP contribution in [0.3, 0.4) is 0 Å². The third-order valence-corrected chi connectivity index (χ3v) is 6.86. The Bertz CT molecular complexity index is 863. The van der Waals surface area contributed by atoms with Crippen LogP contribution in [0.5, 0.6) is 0 Å². The number of aliphatic hydroxyl groups is 1. The number of amides is 1. The van der Waals surface area contributed by atoms with Crippen molar-refractivity contribution in [3.8, 4) is 0 Å². The van der Waals surface area contributed by atoms with Gasteiger partial charge in [-0.05, 0) is 31.0 Å². The highest BCUT2D eigenvalue weighted by Crippen LogP contribution is 2.38. The van der Waals surface area contributed by atoms with Gasteiger partial charge in [-0.15, -0.1) is 0 Å². The second-order valence-electron chi connectivity index (χ2n) is 9.66. The Kier molecular flexibility index (Phi) is 12.5. The van der Waals surface area contributed by atoms with E-state index in [0.717, 1.165) is 19.3 Å². The van der Waals surface area contributed by atoms with Gasteiger partial charge in [0.15, 0.2) is 11.5 Å². The number of benzene rings is 1. The number of nitrogens with zero attached hydrogens (tertiary/aromatic N) is 2. The minimum atomic E-state index is -0.706. The summed E-state index contributed by atoms with van der Waals surface area (Å²) in [4.78, 5) is 36.9. The van der Waals surface area contributed by atoms with Gasteiger partial charge in [0, 0.05) is 18.7 Å². The average molecular weight is 487 g/mol. The highest BCUT2D eigenvalue weighted by Gasteiger charge is 2.42. The first-order valence-electron chi connectivity index (χ1n) is 13.4. The first-order valence-corrected chi connectivity index (χ1v) is 13.4. The number of non-ortho nitro benzene ring substituents is 1. The summed E-state index contributed by atoms with van der Waals surface area (Å²) in [5.41, 5.74) is 0.590. The van der Waals surface area contributed by atoms with E-state index in [0.29, 0.717) is 12.1 Å². The van der Waals surface area contributed by atoms with Crippen molar-refractivity contribution < 1.29 is 19.6 Å². The molecule has 35 heavy (non-hydrogen) atoms. The lowest BCUT2D eigenvalue weighted by Crippen LogP contribution is -2.32. The Balaban J connectivity index is 1.74. The van der Waals surface area contributed by atoms with E-state index in [2.05, 4.69) is 6.92 Å². The van der Waals surface area contributed by atoms with Crippen LogP contribution in [-0.4, -0.2) is 33.2 Å². The Morgan fingerprint density at radius 1 is 0.886 bits per heavy atom. The van der Waals surface area contributed by atoms with Crippen LogP contribution in [0.15, 0.2) is 35.6 Å². The number of carbonyl (C=O) groups excluding carboxylic acids is 2. The standard InChI is InChI=1S/C28H42N2O5/c1-3-4-5-6-7-8-9-10-11-12-13-14-15-16-21-29-26(25(22(2)31)27(32)28(29)33)23-17-19-24(20-18-23)30(34)35/h17-20,26,32H,3-16,21H2,1-2H3/t26-/m1/s1. The van der Waals surface area contributed by atoms with Gasteiger partial charge in [0.25, 0.3) is 11.6 Å². The zero-order valence-electron chi connectivity index (χ0n) is 21.5. The molecule has 1 amide bonds. The monoisotopic (exact) mass is 486 g/mol. The van der Waals surface area contributed by atoms with Crippen molar-refractivity contribution in [3.05, 3.63) is 51.3 Å². The third-order valence-electron chi connectivity index (χ3n) is 6.86. The lowest BCUT2D eigenvalue weighted by Gasteiger charge is -2.26. The molecule has 1 N–H and O–H groups in total. The van der Waals surface area contributed by atoms with Gasteiger partial charge in [0.2, 0.25) is 0 Å². The molecule has 0 saturated heterocycles. The van der Waals surface area contributed by atoms with Crippen molar-refractivity contribution >= 4 is 17.4 Å². The average Bonchev–Trinajstić information content (AvgIpc) is 3.09. The van der Waals surface area contributed by atoms with Crippen LogP contribution in [0.4, 0.5) is 5.69 Å². The lowest BCUT2D eigenvalue weighted by atomic mass is 9.96. The van der Waals surface area contributed by atoms with Crippen LogP contribution in [-0.2, 0) is 9.59 Å². The van der Waals surface area contributed by atoms with Crippen LogP contribution < -0.4 is 0 Å². The summed E-state index contributed by atoms with van der Waals surface area (Å²) in [6.07, 6.45) is 17.3. The molecule has 0 saturated carbocycles. The van der Waals surface area contributed by atoms with Gasteiger partial charge in [-0.25, -0.2) is 0 Å². The lowest BCUT2D eigenvalue weighted by molar-refractivity contribution is -0.384. The summed E-state index contributed by atoms with van der Waals surface area (Å²) in [6, 6.07) is 5.11. The van der Waals surface area contributed by atoms with Gasteiger partial charge in [0.05, 0.1) is 16.5 Å². The maximum absolute atomic E-state index is 12.7. The van der Waals surface area contributed by atoms with E-state index in [-0.39, 0.29) is 17.0 Å². The van der Waals surface area contributed by atoms with E-state index in [4.69, 9.17) is 0 Å². The SMILES string of the molecule is CCCCCCCCCCCCCCCCN1C(=O)C(O)=C(C(C)=O)[C@H]1c1ccc([N+](=O)[O-])cc1. The van der Waals surface area contributed by atoms with Gasteiger partial charge >= 0.3 is 0 Å². The van der Waals surface area contributed by atoms with Gasteiger partial charge in [0.1, 0.15) is 0 Å². The molecule has 2 rings (SSSR count). The minimum Gasteiger partial charge on any atom is -0.503 e. The summed E-state index contributed by atoms with van der Waals surface area (Å²) in [6.45, 7) is 4.00. The molecule has 0 bridgehead atoms. The van der Waals surface area contributed by atoms with Crippen molar-refractivity contribution in [1.82, 2.24) is 4.90 Å². The van der Waals surface area contributed by atoms with E-state index in [1.165, 1.54) is 94.6 Å². The van der Waals surface area contributed by atoms with Gasteiger partial charge in [-0.2, -0.15) is 0 Å². The Labute approximate surface area is 209 Å². The predicted molar refractivity (Wildman–Crippen MR) is 138 cm³/mol. The fourth-order valence-electron chi connectivity index (χ4n) is 4.85. The molecular weight excluding hydrogens is 444 g/mol. The molecule has 7 nitrogen and oxygen atoms in total. The number of hydrogen-bond acceptors (Lipinski definition) is 5. The summed E-state index contributed by atoms with van der Waals surface area (Å²) in [5, 5.41) is 21.3. The number of ketones is 1. The van der Waals surface area contributed by atoms with Crippen molar-refractivity contribution in [2.45, 2.75) is 110 Å². The smallest absolute Gasteiger partial charge is 0.290 e. The van der Waals surface area contributed by atoms with E-state index in [1.54, 1.807) is 12.1 Å². The molecular formula is C28H42N2O5. The molecule has 1 aliphatic heterocycles. The Hall–Kier alpha value is -2.70. The molecule has 1 aromatic carbocycles. The predicted octanol–water partition coefficient (Wildman–Crippen LogP) is 7.36. The fourth-order valence-corrected chi connectivity index (χ4v) is 4.85. The second-order valence-corrected chi connectivity index (χ2v) is 9.66. The van der Waals surface area contributed by atoms with Gasteiger partial charge < -0.3 is 10.0 Å². The maximum Gasteiger partial charge on any atom is 0.290 e. The summed E-state index contributed by atoms with van der Waals surface area (Å²) in [5.74, 6) is -1.43. The number of hydrogen-bond donors (Lipinski definition) is 1. The molecule has 0 spiro atoms. The fraction of sp³-hybridized carbons (Fsp3) is 0.643. The summed E-state index contributed by atoms with van der Waals surface area (Å²) >= 11 is 0. The van der Waals surface area contributed by atoms with Crippen LogP contribution in [0.1, 0.15) is 115 Å². The molecule has 1 atom stereocenters. The molecule has 1 heterocycles. The molecule has 194 valence electrons. The quantitative estimate of drug-likeness (QED) is 0.133. The molecule has 1 aromatic rings. The number of aliphatic hydroxyl groups excluding tert-OH is 1. The first-order chi connectivity index (χ1) is 16.9. The van der Waals surface area contributed by atoms with Crippen molar-refractivity contribution in [3.63, 3.8) is 0 Å². The Morgan fingerprint density at radius 3 is 1.77 bits per heavy atom. The van der Waals surface area contributed by atoms with Crippen LogP contribution in [0.2, 0.25) is 0 Å². The van der Waals surface area contributed by atoms with Crippen molar-refractivity contribution in [2.75, 3.05) is 6.54 Å². The zero-order valence-corrected chi connectivity index (χ0v) is 21.5. The number of Topliss-reactive ketones (excluding diaryl/α,β-unsaturated/α-hetero) is 1.